The maximum absolute atomic E-state index is 12.9. The Morgan fingerprint density at radius 1 is 1.03 bits per heavy atom. The highest BCUT2D eigenvalue weighted by Gasteiger charge is 2.35. The number of esters is 1. The Labute approximate surface area is 213 Å². The van der Waals surface area contributed by atoms with Crippen LogP contribution in [0, 0.1) is 0 Å². The third kappa shape index (κ3) is 6.23. The maximum atomic E-state index is 12.9. The molecule has 0 saturated heterocycles. The molecule has 0 spiro atoms. The lowest BCUT2D eigenvalue weighted by Gasteiger charge is -2.38. The van der Waals surface area contributed by atoms with Gasteiger partial charge in [0.15, 0.2) is 0 Å². The quantitative estimate of drug-likeness (QED) is 0.557. The van der Waals surface area contributed by atoms with Crippen molar-refractivity contribution in [3.8, 4) is 0 Å². The lowest BCUT2D eigenvalue weighted by atomic mass is 9.87. The van der Waals surface area contributed by atoms with E-state index in [9.17, 15) is 14.4 Å². The first-order chi connectivity index (χ1) is 16.9. The number of nitrogens with zero attached hydrogens (tertiary/aromatic N) is 3. The predicted octanol–water partition coefficient (Wildman–Crippen LogP) is 4.27. The van der Waals surface area contributed by atoms with Crippen LogP contribution in [-0.4, -0.2) is 74.2 Å². The number of benzene rings is 2. The third-order valence-corrected chi connectivity index (χ3v) is 5.95. The van der Waals surface area contributed by atoms with Gasteiger partial charge in [0.2, 0.25) is 5.91 Å². The van der Waals surface area contributed by atoms with Gasteiger partial charge in [-0.15, -0.1) is 0 Å². The monoisotopic (exact) mass is 495 g/mol. The Balaban J connectivity index is 2.03. The van der Waals surface area contributed by atoms with E-state index in [-0.39, 0.29) is 12.5 Å². The van der Waals surface area contributed by atoms with E-state index >= 15 is 0 Å². The summed E-state index contributed by atoms with van der Waals surface area (Å²) < 4.78 is 10.9. The molecule has 0 saturated carbocycles. The van der Waals surface area contributed by atoms with Crippen LogP contribution in [0.25, 0.3) is 0 Å². The van der Waals surface area contributed by atoms with Gasteiger partial charge in [0.25, 0.3) is 0 Å². The first-order valence-corrected chi connectivity index (χ1v) is 12.2. The molecule has 8 heteroatoms. The lowest BCUT2D eigenvalue weighted by molar-refractivity contribution is -0.118. The molecule has 0 fully saturated rings. The average molecular weight is 496 g/mol. The van der Waals surface area contributed by atoms with E-state index in [0.717, 1.165) is 22.4 Å². The van der Waals surface area contributed by atoms with Crippen LogP contribution in [0.15, 0.2) is 42.5 Å². The number of fused-ring (bicyclic) bond motifs is 1. The fourth-order valence-electron chi connectivity index (χ4n) is 4.38. The first kappa shape index (κ1) is 27.2. The predicted molar refractivity (Wildman–Crippen MR) is 139 cm³/mol. The normalized spacial score (nSPS) is 15.3. The standard InChI is InChI=1S/C28H37N3O5/c1-8-35-27(34)31-17-16-21-22(10-9-11-23(21)30(7)24(32)18-29(5)6)25(31)19-12-14-20(15-13-19)26(33)36-28(2,3)4/h9-15,25H,8,16-18H2,1-7H3. The molecule has 8 nitrogen and oxygen atoms in total. The van der Waals surface area contributed by atoms with Crippen molar-refractivity contribution >= 4 is 23.7 Å². The lowest BCUT2D eigenvalue weighted by Crippen LogP contribution is -2.42. The van der Waals surface area contributed by atoms with Gasteiger partial charge in [-0.2, -0.15) is 0 Å². The van der Waals surface area contributed by atoms with Crippen molar-refractivity contribution in [1.29, 1.82) is 0 Å². The van der Waals surface area contributed by atoms with E-state index < -0.39 is 23.7 Å². The molecule has 2 aromatic carbocycles. The van der Waals surface area contributed by atoms with Crippen LogP contribution < -0.4 is 4.90 Å². The molecule has 3 rings (SSSR count). The summed E-state index contributed by atoms with van der Waals surface area (Å²) in [5.74, 6) is -0.414. The number of carbonyl (C=O) groups is 3. The van der Waals surface area contributed by atoms with Gasteiger partial charge in [0.05, 0.1) is 24.8 Å². The van der Waals surface area contributed by atoms with Crippen LogP contribution in [0.5, 0.6) is 0 Å². The second-order valence-corrected chi connectivity index (χ2v) is 10.2. The topological polar surface area (TPSA) is 79.4 Å². The molecule has 194 valence electrons. The summed E-state index contributed by atoms with van der Waals surface area (Å²) >= 11 is 0. The molecule has 2 amide bonds. The molecule has 1 aliphatic rings. The molecule has 1 unspecified atom stereocenters. The van der Waals surface area contributed by atoms with Gasteiger partial charge in [-0.05, 0) is 83.1 Å². The molecular weight excluding hydrogens is 458 g/mol. The molecule has 0 bridgehead atoms. The van der Waals surface area contributed by atoms with Crippen molar-refractivity contribution in [2.45, 2.75) is 45.8 Å². The van der Waals surface area contributed by atoms with E-state index in [4.69, 9.17) is 9.47 Å². The number of likely N-dealkylation sites (N-methyl/N-ethyl adjacent to an activating group) is 2. The minimum absolute atomic E-state index is 0.0144. The highest BCUT2D eigenvalue weighted by molar-refractivity contribution is 5.95. The summed E-state index contributed by atoms with van der Waals surface area (Å²) in [5.41, 5.74) is 3.48. The van der Waals surface area contributed by atoms with E-state index in [1.54, 1.807) is 35.9 Å². The molecule has 0 aliphatic carbocycles. The molecule has 36 heavy (non-hydrogen) atoms. The minimum atomic E-state index is -0.592. The average Bonchev–Trinajstić information content (AvgIpc) is 2.81. The largest absolute Gasteiger partial charge is 0.456 e. The van der Waals surface area contributed by atoms with Crippen LogP contribution in [0.4, 0.5) is 10.5 Å². The van der Waals surface area contributed by atoms with E-state index in [0.29, 0.717) is 25.1 Å². The van der Waals surface area contributed by atoms with Crippen LogP contribution in [-0.2, 0) is 20.7 Å². The van der Waals surface area contributed by atoms with Crippen molar-refractivity contribution in [3.63, 3.8) is 0 Å². The Bertz CT molecular complexity index is 1110. The Morgan fingerprint density at radius 2 is 1.69 bits per heavy atom. The maximum Gasteiger partial charge on any atom is 0.410 e. The van der Waals surface area contributed by atoms with Gasteiger partial charge in [0, 0.05) is 19.3 Å². The second-order valence-electron chi connectivity index (χ2n) is 10.2. The number of hydrogen-bond donors (Lipinski definition) is 0. The molecule has 1 heterocycles. The summed E-state index contributed by atoms with van der Waals surface area (Å²) in [6.07, 6.45) is 0.197. The zero-order chi connectivity index (χ0) is 26.6. The fourth-order valence-corrected chi connectivity index (χ4v) is 4.38. The molecule has 1 atom stereocenters. The number of hydrogen-bond acceptors (Lipinski definition) is 6. The molecular formula is C28H37N3O5. The van der Waals surface area contributed by atoms with Gasteiger partial charge in [-0.25, -0.2) is 9.59 Å². The Morgan fingerprint density at radius 3 is 2.28 bits per heavy atom. The molecule has 0 N–H and O–H groups in total. The van der Waals surface area contributed by atoms with Gasteiger partial charge >= 0.3 is 12.1 Å². The zero-order valence-electron chi connectivity index (χ0n) is 22.3. The number of rotatable bonds is 6. The van der Waals surface area contributed by atoms with E-state index in [1.807, 2.05) is 70.1 Å². The highest BCUT2D eigenvalue weighted by Crippen LogP contribution is 2.39. The summed E-state index contributed by atoms with van der Waals surface area (Å²) in [4.78, 5) is 43.5. The number of carbonyl (C=O) groups excluding carboxylic acids is 3. The van der Waals surface area contributed by atoms with Crippen molar-refractivity contribution in [2.75, 3.05) is 45.7 Å². The van der Waals surface area contributed by atoms with Gasteiger partial charge in [-0.3, -0.25) is 9.69 Å². The van der Waals surface area contributed by atoms with E-state index in [1.165, 1.54) is 0 Å². The molecule has 0 aromatic heterocycles. The van der Waals surface area contributed by atoms with Crippen LogP contribution >= 0.6 is 0 Å². The van der Waals surface area contributed by atoms with Gasteiger partial charge in [0.1, 0.15) is 5.60 Å². The van der Waals surface area contributed by atoms with Crippen molar-refractivity contribution in [2.24, 2.45) is 0 Å². The Hall–Kier alpha value is -3.39. The summed E-state index contributed by atoms with van der Waals surface area (Å²) in [7, 11) is 5.50. The highest BCUT2D eigenvalue weighted by atomic mass is 16.6. The molecule has 1 aliphatic heterocycles. The van der Waals surface area contributed by atoms with Crippen molar-refractivity contribution < 1.29 is 23.9 Å². The number of amides is 2. The SMILES string of the molecule is CCOC(=O)N1CCc2c(cccc2N(C)C(=O)CN(C)C)C1c1ccc(C(=O)OC(C)(C)C)cc1. The van der Waals surface area contributed by atoms with Crippen molar-refractivity contribution in [3.05, 3.63) is 64.7 Å². The zero-order valence-corrected chi connectivity index (χ0v) is 22.3. The number of ether oxygens (including phenoxy) is 2. The minimum Gasteiger partial charge on any atom is -0.456 e. The van der Waals surface area contributed by atoms with E-state index in [2.05, 4.69) is 0 Å². The Kier molecular flexibility index (Phi) is 8.40. The summed E-state index contributed by atoms with van der Waals surface area (Å²) in [6.45, 7) is 8.27. The fraction of sp³-hybridized carbons (Fsp3) is 0.464. The van der Waals surface area contributed by atoms with Gasteiger partial charge in [-0.1, -0.05) is 24.3 Å². The van der Waals surface area contributed by atoms with Crippen LogP contribution in [0.3, 0.4) is 0 Å². The van der Waals surface area contributed by atoms with Crippen LogP contribution in [0.2, 0.25) is 0 Å². The molecule has 0 radical (unpaired) electrons. The van der Waals surface area contributed by atoms with Crippen molar-refractivity contribution in [1.82, 2.24) is 9.80 Å². The summed E-state index contributed by atoms with van der Waals surface area (Å²) in [5, 5.41) is 0. The third-order valence-electron chi connectivity index (χ3n) is 5.95. The first-order valence-electron chi connectivity index (χ1n) is 12.2. The smallest absolute Gasteiger partial charge is 0.410 e. The molecule has 2 aromatic rings. The number of anilines is 1. The van der Waals surface area contributed by atoms with Crippen LogP contribution in [0.1, 0.15) is 60.8 Å². The summed E-state index contributed by atoms with van der Waals surface area (Å²) in [6, 6.07) is 12.5. The van der Waals surface area contributed by atoms with Gasteiger partial charge < -0.3 is 19.3 Å². The second kappa shape index (κ2) is 11.1.